The molecule has 2 amide bonds. The molecule has 0 aromatic heterocycles. The summed E-state index contributed by atoms with van der Waals surface area (Å²) in [6.45, 7) is 0.287. The minimum atomic E-state index is -6.15. The lowest BCUT2D eigenvalue weighted by Crippen LogP contribution is -2.50. The third-order valence-corrected chi connectivity index (χ3v) is 7.12. The summed E-state index contributed by atoms with van der Waals surface area (Å²) < 4.78 is 93.1. The maximum atomic E-state index is 14.5. The fourth-order valence-corrected chi connectivity index (χ4v) is 5.47. The molecule has 3 atom stereocenters. The van der Waals surface area contributed by atoms with Crippen LogP contribution in [-0.2, 0) is 21.7 Å². The van der Waals surface area contributed by atoms with Crippen LogP contribution in [0, 0.1) is 11.8 Å². The second-order valence-corrected chi connectivity index (χ2v) is 8.69. The maximum absolute atomic E-state index is 14.5. The van der Waals surface area contributed by atoms with Crippen molar-refractivity contribution in [1.82, 2.24) is 10.0 Å². The van der Waals surface area contributed by atoms with Crippen LogP contribution >= 0.6 is 0 Å². The monoisotopic (exact) mass is 466 g/mol. The Labute approximate surface area is 179 Å². The summed E-state index contributed by atoms with van der Waals surface area (Å²) in [7, 11) is 1.52. The molecule has 4 rings (SSSR count). The average molecular weight is 466 g/mol. The van der Waals surface area contributed by atoms with Gasteiger partial charge >= 0.3 is 18.0 Å². The van der Waals surface area contributed by atoms with Crippen LogP contribution in [0.5, 0.6) is 0 Å². The zero-order valence-electron chi connectivity index (χ0n) is 17.1. The summed E-state index contributed by atoms with van der Waals surface area (Å²) in [6.07, 6.45) is -10.5. The molecule has 0 spiro atoms. The molecule has 1 saturated heterocycles. The van der Waals surface area contributed by atoms with Crippen LogP contribution < -0.4 is 0 Å². The molecule has 1 heterocycles. The number of hydrazine groups is 1. The molecule has 0 N–H and O–H groups in total. The van der Waals surface area contributed by atoms with Crippen molar-refractivity contribution >= 4 is 11.8 Å². The van der Waals surface area contributed by atoms with Gasteiger partial charge in [-0.2, -0.15) is 26.3 Å². The lowest BCUT2D eigenvalue weighted by atomic mass is 9.73. The van der Waals surface area contributed by atoms with Crippen LogP contribution in [-0.4, -0.2) is 47.8 Å². The Hall–Kier alpha value is -2.33. The van der Waals surface area contributed by atoms with Crippen molar-refractivity contribution in [2.45, 2.75) is 56.0 Å². The summed E-state index contributed by atoms with van der Waals surface area (Å²) in [4.78, 5) is 24.8. The van der Waals surface area contributed by atoms with Gasteiger partial charge in [-0.05, 0) is 48.6 Å². The van der Waals surface area contributed by atoms with E-state index < -0.39 is 23.6 Å². The predicted octanol–water partition coefficient (Wildman–Crippen LogP) is 4.64. The Morgan fingerprint density at radius 2 is 1.62 bits per heavy atom. The number of carbonyl (C=O) groups excluding carboxylic acids is 2. The van der Waals surface area contributed by atoms with Crippen molar-refractivity contribution in [3.8, 4) is 0 Å². The number of aryl methyl sites for hydroxylation is 1. The van der Waals surface area contributed by atoms with Gasteiger partial charge < -0.3 is 0 Å². The van der Waals surface area contributed by atoms with E-state index in [1.807, 2.05) is 0 Å². The number of alkyl halides is 7. The molecule has 2 aliphatic carbocycles. The smallest absolute Gasteiger partial charge is 0.273 e. The molecule has 1 aromatic carbocycles. The van der Waals surface area contributed by atoms with Crippen LogP contribution in [0.15, 0.2) is 18.2 Å². The SMILES string of the molecule is CN1C(=O)CCN1C(=O)[C@@H]1CCC2c3ccc(C(F)(C(F)(F)F)C(F)(F)F)cc3CCC21. The number of benzene rings is 1. The topological polar surface area (TPSA) is 40.6 Å². The van der Waals surface area contributed by atoms with Gasteiger partial charge in [0, 0.05) is 24.9 Å². The van der Waals surface area contributed by atoms with Crippen molar-refractivity contribution in [2.75, 3.05) is 13.6 Å². The van der Waals surface area contributed by atoms with Gasteiger partial charge in [-0.1, -0.05) is 18.2 Å². The first-order chi connectivity index (χ1) is 14.8. The normalized spacial score (nSPS) is 26.4. The van der Waals surface area contributed by atoms with Crippen LogP contribution in [0.4, 0.5) is 30.7 Å². The van der Waals surface area contributed by atoms with Crippen molar-refractivity contribution in [1.29, 1.82) is 0 Å². The molecule has 1 saturated carbocycles. The van der Waals surface area contributed by atoms with Crippen LogP contribution in [0.1, 0.15) is 48.3 Å². The molecule has 11 heteroatoms. The van der Waals surface area contributed by atoms with Crippen molar-refractivity contribution < 1.29 is 40.3 Å². The highest BCUT2D eigenvalue weighted by molar-refractivity contribution is 5.86. The first-order valence-corrected chi connectivity index (χ1v) is 10.3. The summed E-state index contributed by atoms with van der Waals surface area (Å²) >= 11 is 0. The van der Waals surface area contributed by atoms with E-state index in [2.05, 4.69) is 0 Å². The minimum absolute atomic E-state index is 0.134. The number of carbonyl (C=O) groups is 2. The number of rotatable bonds is 2. The lowest BCUT2D eigenvalue weighted by molar-refractivity contribution is -0.348. The first kappa shape index (κ1) is 22.8. The van der Waals surface area contributed by atoms with Crippen molar-refractivity contribution in [3.63, 3.8) is 0 Å². The van der Waals surface area contributed by atoms with Crippen molar-refractivity contribution in [2.24, 2.45) is 11.8 Å². The zero-order chi connectivity index (χ0) is 23.6. The van der Waals surface area contributed by atoms with Crippen LogP contribution in [0.2, 0.25) is 0 Å². The molecule has 176 valence electrons. The largest absolute Gasteiger partial charge is 0.435 e. The second kappa shape index (κ2) is 7.34. The highest BCUT2D eigenvalue weighted by Crippen LogP contribution is 2.55. The summed E-state index contributed by atoms with van der Waals surface area (Å²) in [5.41, 5.74) is -6.11. The number of fused-ring (bicyclic) bond motifs is 3. The van der Waals surface area contributed by atoms with E-state index in [4.69, 9.17) is 0 Å². The van der Waals surface area contributed by atoms with Gasteiger partial charge in [0.25, 0.3) is 0 Å². The highest BCUT2D eigenvalue weighted by atomic mass is 19.4. The molecule has 1 aliphatic heterocycles. The molecule has 3 aliphatic rings. The second-order valence-electron chi connectivity index (χ2n) is 8.69. The summed E-state index contributed by atoms with van der Waals surface area (Å²) in [5.74, 6) is -1.09. The summed E-state index contributed by atoms with van der Waals surface area (Å²) in [5, 5.41) is 2.69. The van der Waals surface area contributed by atoms with Crippen LogP contribution in [0.3, 0.4) is 0 Å². The van der Waals surface area contributed by atoms with Crippen molar-refractivity contribution in [3.05, 3.63) is 34.9 Å². The van der Waals surface area contributed by atoms with E-state index in [0.29, 0.717) is 37.0 Å². The Balaban J connectivity index is 1.62. The molecule has 1 aromatic rings. The standard InChI is InChI=1S/C21H21F7N2O2/c1-29-17(31)8-9-30(29)18(32)16-7-6-14-13-5-3-12(10-11(13)2-4-15(14)16)19(22,20(23,24)25)21(26,27)28/h3,5,10,14-16H,2,4,6-9H2,1H3/t14?,15?,16-/m1/s1. The third-order valence-electron chi connectivity index (χ3n) is 7.12. The average Bonchev–Trinajstić information content (AvgIpc) is 3.28. The molecule has 0 bridgehead atoms. The Morgan fingerprint density at radius 3 is 2.19 bits per heavy atom. The van der Waals surface area contributed by atoms with Gasteiger partial charge in [0.05, 0.1) is 6.54 Å². The molecule has 0 radical (unpaired) electrons. The van der Waals surface area contributed by atoms with Gasteiger partial charge in [0.1, 0.15) is 0 Å². The number of hydrogen-bond donors (Lipinski definition) is 0. The number of hydrogen-bond acceptors (Lipinski definition) is 2. The van der Waals surface area contributed by atoms with E-state index in [1.54, 1.807) is 0 Å². The molecular formula is C21H21F7N2O2. The Kier molecular flexibility index (Phi) is 5.24. The van der Waals surface area contributed by atoms with Crippen LogP contribution in [0.25, 0.3) is 0 Å². The summed E-state index contributed by atoms with van der Waals surface area (Å²) in [6, 6.07) is 2.38. The fourth-order valence-electron chi connectivity index (χ4n) is 5.47. The van der Waals surface area contributed by atoms with E-state index in [9.17, 15) is 40.3 Å². The molecule has 4 nitrogen and oxygen atoms in total. The van der Waals surface area contributed by atoms with Gasteiger partial charge in [-0.3, -0.25) is 19.6 Å². The maximum Gasteiger partial charge on any atom is 0.435 e. The van der Waals surface area contributed by atoms with Gasteiger partial charge in [0.2, 0.25) is 11.8 Å². The van der Waals surface area contributed by atoms with Gasteiger partial charge in [-0.15, -0.1) is 0 Å². The number of nitrogens with zero attached hydrogens (tertiary/aromatic N) is 2. The van der Waals surface area contributed by atoms with E-state index in [1.165, 1.54) is 17.1 Å². The first-order valence-electron chi connectivity index (χ1n) is 10.3. The third kappa shape index (κ3) is 3.26. The van der Waals surface area contributed by atoms with E-state index in [-0.39, 0.29) is 54.5 Å². The zero-order valence-corrected chi connectivity index (χ0v) is 17.1. The molecule has 2 fully saturated rings. The molecule has 32 heavy (non-hydrogen) atoms. The molecule has 2 unspecified atom stereocenters. The van der Waals surface area contributed by atoms with E-state index >= 15 is 0 Å². The van der Waals surface area contributed by atoms with Gasteiger partial charge in [-0.25, -0.2) is 4.39 Å². The Bertz CT molecular complexity index is 929. The predicted molar refractivity (Wildman–Crippen MR) is 97.7 cm³/mol. The fraction of sp³-hybridized carbons (Fsp3) is 0.619. The number of halogens is 7. The lowest BCUT2D eigenvalue weighted by Gasteiger charge is -2.35. The highest BCUT2D eigenvalue weighted by Gasteiger charge is 2.73. The van der Waals surface area contributed by atoms with Gasteiger partial charge in [0.15, 0.2) is 0 Å². The molecular weight excluding hydrogens is 445 g/mol. The Morgan fingerprint density at radius 1 is 0.969 bits per heavy atom. The number of amides is 2. The quantitative estimate of drug-likeness (QED) is 0.596. The van der Waals surface area contributed by atoms with E-state index in [0.717, 1.165) is 6.07 Å². The minimum Gasteiger partial charge on any atom is -0.273 e.